The third kappa shape index (κ3) is 6.02. The summed E-state index contributed by atoms with van der Waals surface area (Å²) in [6.07, 6.45) is 7.48. The fraction of sp³-hybridized carbons (Fsp3) is 0.160. The number of hydrogen-bond acceptors (Lipinski definition) is 3. The molecule has 1 aliphatic heterocycles. The Bertz CT molecular complexity index is 1150. The molecule has 5 nitrogen and oxygen atoms in total. The van der Waals surface area contributed by atoms with Crippen LogP contribution in [-0.2, 0) is 0 Å². The van der Waals surface area contributed by atoms with Crippen molar-refractivity contribution in [2.45, 2.75) is 6.42 Å². The van der Waals surface area contributed by atoms with Gasteiger partial charge in [-0.2, -0.15) is 0 Å². The van der Waals surface area contributed by atoms with E-state index in [1.165, 1.54) is 18.3 Å². The third-order valence-electron chi connectivity index (χ3n) is 4.99. The van der Waals surface area contributed by atoms with Crippen LogP contribution in [0.4, 0.5) is 14.5 Å². The number of allylic oxidation sites excluding steroid dienone is 1. The Morgan fingerprint density at radius 2 is 1.97 bits per heavy atom. The summed E-state index contributed by atoms with van der Waals surface area (Å²) in [6, 6.07) is 10.5. The van der Waals surface area contributed by atoms with E-state index >= 15 is 0 Å². The van der Waals surface area contributed by atoms with E-state index in [0.717, 1.165) is 28.1 Å². The standard InChI is InChI=1S/C25H23ClF2N4O/c1-3-30-23(8-5-14-29-2)32-15-13-21(26)20(16-32)17-9-11-18(12-10-17)31-25(33)19-6-4-7-22(27)24(19)28/h3-12,14H,1,13,15-16H2,2H3,(H,31,33). The first-order valence-electron chi connectivity index (χ1n) is 10.2. The van der Waals surface area contributed by atoms with E-state index in [1.54, 1.807) is 31.5 Å². The Labute approximate surface area is 196 Å². The van der Waals surface area contributed by atoms with Gasteiger partial charge in [0.2, 0.25) is 0 Å². The largest absolute Gasteiger partial charge is 0.352 e. The van der Waals surface area contributed by atoms with Gasteiger partial charge in [0.15, 0.2) is 11.6 Å². The van der Waals surface area contributed by atoms with Gasteiger partial charge in [0.25, 0.3) is 5.91 Å². The fourth-order valence-corrected chi connectivity index (χ4v) is 3.61. The van der Waals surface area contributed by atoms with Crippen molar-refractivity contribution in [2.24, 2.45) is 9.98 Å². The first-order chi connectivity index (χ1) is 15.9. The molecular formula is C25H23ClF2N4O. The number of amidine groups is 1. The number of benzene rings is 2. The van der Waals surface area contributed by atoms with Crippen LogP contribution in [0.1, 0.15) is 22.3 Å². The summed E-state index contributed by atoms with van der Waals surface area (Å²) in [7, 11) is 1.69. The number of nitrogens with one attached hydrogen (secondary N) is 1. The molecule has 1 aliphatic rings. The maximum absolute atomic E-state index is 13.9. The van der Waals surface area contributed by atoms with E-state index in [4.69, 9.17) is 11.6 Å². The van der Waals surface area contributed by atoms with Crippen molar-refractivity contribution in [1.82, 2.24) is 4.90 Å². The Hall–Kier alpha value is -3.58. The van der Waals surface area contributed by atoms with Crippen molar-refractivity contribution in [2.75, 3.05) is 25.5 Å². The number of amides is 1. The summed E-state index contributed by atoms with van der Waals surface area (Å²) in [5.41, 5.74) is 1.92. The van der Waals surface area contributed by atoms with Crippen LogP contribution in [0, 0.1) is 11.6 Å². The lowest BCUT2D eigenvalue weighted by Gasteiger charge is -2.30. The van der Waals surface area contributed by atoms with E-state index in [9.17, 15) is 13.6 Å². The van der Waals surface area contributed by atoms with Crippen LogP contribution < -0.4 is 5.32 Å². The zero-order chi connectivity index (χ0) is 23.8. The van der Waals surface area contributed by atoms with Gasteiger partial charge in [-0.25, -0.2) is 13.8 Å². The zero-order valence-corrected chi connectivity index (χ0v) is 18.8. The average Bonchev–Trinajstić information content (AvgIpc) is 2.81. The second-order valence-electron chi connectivity index (χ2n) is 7.12. The summed E-state index contributed by atoms with van der Waals surface area (Å²) in [6.45, 7) is 4.93. The smallest absolute Gasteiger partial charge is 0.258 e. The predicted octanol–water partition coefficient (Wildman–Crippen LogP) is 5.67. The highest BCUT2D eigenvalue weighted by atomic mass is 35.5. The average molecular weight is 469 g/mol. The van der Waals surface area contributed by atoms with Gasteiger partial charge < -0.3 is 10.2 Å². The van der Waals surface area contributed by atoms with E-state index in [0.29, 0.717) is 25.2 Å². The lowest BCUT2D eigenvalue weighted by Crippen LogP contribution is -2.35. The first kappa shape index (κ1) is 24.1. The van der Waals surface area contributed by atoms with E-state index in [2.05, 4.69) is 26.8 Å². The highest BCUT2D eigenvalue weighted by Crippen LogP contribution is 2.30. The molecule has 0 fully saturated rings. The van der Waals surface area contributed by atoms with Crippen LogP contribution in [0.5, 0.6) is 0 Å². The quantitative estimate of drug-likeness (QED) is 0.438. The van der Waals surface area contributed by atoms with Gasteiger partial charge >= 0.3 is 0 Å². The molecule has 0 unspecified atom stereocenters. The Morgan fingerprint density at radius 1 is 1.21 bits per heavy atom. The molecule has 0 bridgehead atoms. The van der Waals surface area contributed by atoms with Gasteiger partial charge in [-0.05, 0) is 47.6 Å². The molecule has 1 N–H and O–H groups in total. The van der Waals surface area contributed by atoms with Gasteiger partial charge in [0.1, 0.15) is 5.84 Å². The molecule has 1 heterocycles. The molecule has 0 atom stereocenters. The van der Waals surface area contributed by atoms with E-state index in [1.807, 2.05) is 18.2 Å². The van der Waals surface area contributed by atoms with Gasteiger partial charge in [0.05, 0.1) is 5.56 Å². The maximum atomic E-state index is 13.9. The Kier molecular flexibility index (Phi) is 8.27. The Balaban J connectivity index is 1.76. The number of anilines is 1. The highest BCUT2D eigenvalue weighted by Gasteiger charge is 2.21. The minimum absolute atomic E-state index is 0.358. The number of hydrogen-bond donors (Lipinski definition) is 1. The lowest BCUT2D eigenvalue weighted by atomic mass is 10.00. The number of carbonyl (C=O) groups is 1. The number of carbonyl (C=O) groups excluding carboxylic acids is 1. The van der Waals surface area contributed by atoms with Crippen molar-refractivity contribution >= 4 is 40.8 Å². The first-order valence-corrected chi connectivity index (χ1v) is 10.6. The molecular weight excluding hydrogens is 446 g/mol. The molecule has 0 spiro atoms. The van der Waals surface area contributed by atoms with E-state index in [-0.39, 0.29) is 5.56 Å². The third-order valence-corrected chi connectivity index (χ3v) is 5.41. The molecule has 3 rings (SSSR count). The minimum atomic E-state index is -1.18. The SMILES string of the molecule is C=CN=C(C=CC=NC)N1CCC(Cl)=C(c2ccc(NC(=O)c3cccc(F)c3F)cc2)C1. The summed E-state index contributed by atoms with van der Waals surface area (Å²) in [4.78, 5) is 22.7. The lowest BCUT2D eigenvalue weighted by molar-refractivity contribution is 0.102. The molecule has 0 saturated carbocycles. The van der Waals surface area contributed by atoms with Gasteiger partial charge in [-0.15, -0.1) is 0 Å². The summed E-state index contributed by atoms with van der Waals surface area (Å²) < 4.78 is 27.3. The van der Waals surface area contributed by atoms with Gasteiger partial charge in [-0.3, -0.25) is 9.79 Å². The number of aliphatic imine (C=N–C) groups is 2. The number of nitrogens with zero attached hydrogens (tertiary/aromatic N) is 3. The molecule has 0 radical (unpaired) electrons. The van der Waals surface area contributed by atoms with Crippen LogP contribution >= 0.6 is 11.6 Å². The van der Waals surface area contributed by atoms with Crippen LogP contribution in [0.2, 0.25) is 0 Å². The minimum Gasteiger partial charge on any atom is -0.352 e. The van der Waals surface area contributed by atoms with Crippen LogP contribution in [0.15, 0.2) is 82.4 Å². The van der Waals surface area contributed by atoms with Crippen molar-refractivity contribution in [3.63, 3.8) is 0 Å². The van der Waals surface area contributed by atoms with Crippen LogP contribution in [-0.4, -0.2) is 43.0 Å². The summed E-state index contributed by atoms with van der Waals surface area (Å²) in [5.74, 6) is -2.24. The van der Waals surface area contributed by atoms with Crippen molar-refractivity contribution < 1.29 is 13.6 Å². The molecule has 2 aromatic carbocycles. The van der Waals surface area contributed by atoms with E-state index < -0.39 is 17.5 Å². The fourth-order valence-electron chi connectivity index (χ4n) is 3.35. The summed E-state index contributed by atoms with van der Waals surface area (Å²) in [5, 5.41) is 3.34. The van der Waals surface area contributed by atoms with Gasteiger partial charge in [0, 0.05) is 49.7 Å². The molecule has 2 aromatic rings. The monoisotopic (exact) mass is 468 g/mol. The van der Waals surface area contributed by atoms with Crippen LogP contribution in [0.3, 0.4) is 0 Å². The van der Waals surface area contributed by atoms with Crippen LogP contribution in [0.25, 0.3) is 5.57 Å². The number of rotatable bonds is 6. The number of halogens is 3. The predicted molar refractivity (Wildman–Crippen MR) is 131 cm³/mol. The molecule has 0 aliphatic carbocycles. The van der Waals surface area contributed by atoms with Crippen molar-refractivity contribution in [1.29, 1.82) is 0 Å². The zero-order valence-electron chi connectivity index (χ0n) is 18.1. The topological polar surface area (TPSA) is 57.1 Å². The van der Waals surface area contributed by atoms with Crippen molar-refractivity contribution in [3.8, 4) is 0 Å². The molecule has 0 saturated heterocycles. The molecule has 0 aromatic heterocycles. The Morgan fingerprint density at radius 3 is 2.67 bits per heavy atom. The molecule has 8 heteroatoms. The highest BCUT2D eigenvalue weighted by molar-refractivity contribution is 6.33. The second-order valence-corrected chi connectivity index (χ2v) is 7.58. The molecule has 170 valence electrons. The second kappa shape index (κ2) is 11.3. The summed E-state index contributed by atoms with van der Waals surface area (Å²) >= 11 is 6.53. The maximum Gasteiger partial charge on any atom is 0.258 e. The van der Waals surface area contributed by atoms with Crippen molar-refractivity contribution in [3.05, 3.63) is 95.2 Å². The van der Waals surface area contributed by atoms with Gasteiger partial charge in [-0.1, -0.05) is 36.4 Å². The normalized spacial score (nSPS) is 14.9. The molecule has 1 amide bonds. The molecule has 33 heavy (non-hydrogen) atoms.